The zero-order valence-electron chi connectivity index (χ0n) is 14.3. The Morgan fingerprint density at radius 1 is 0.926 bits per heavy atom. The second-order valence-corrected chi connectivity index (χ2v) is 7.80. The van der Waals surface area contributed by atoms with Gasteiger partial charge in [-0.05, 0) is 36.5 Å². The molecule has 2 bridgehead atoms. The fourth-order valence-corrected chi connectivity index (χ4v) is 4.94. The summed E-state index contributed by atoms with van der Waals surface area (Å²) in [6, 6.07) is 13.5. The summed E-state index contributed by atoms with van der Waals surface area (Å²) in [6.45, 7) is 0. The lowest BCUT2D eigenvalue weighted by atomic mass is 9.85. The highest BCUT2D eigenvalue weighted by Gasteiger charge is 2.59. The number of fused-ring (bicyclic) bond motifs is 5. The van der Waals surface area contributed by atoms with Gasteiger partial charge in [-0.3, -0.25) is 14.4 Å². The van der Waals surface area contributed by atoms with E-state index in [9.17, 15) is 14.4 Å². The molecule has 4 nitrogen and oxygen atoms in total. The second kappa shape index (κ2) is 5.89. The average molecular weight is 378 g/mol. The molecule has 1 aliphatic heterocycles. The Kier molecular flexibility index (Phi) is 3.59. The molecular formula is C22H16ClNO3. The predicted octanol–water partition coefficient (Wildman–Crippen LogP) is 3.88. The molecule has 2 fully saturated rings. The minimum absolute atomic E-state index is 0.127. The standard InChI is InChI=1S/C22H16ClNO3/c23-15-8-9-17(16(11-15)20(25)12-4-2-1-3-5-12)24-21(26)18-13-6-7-14(10-13)19(18)22(24)27/h1-9,11,13-14,18-19H,10H2/t13-,14-,18-,19+/m0/s1. The molecule has 0 N–H and O–H groups in total. The van der Waals surface area contributed by atoms with Crippen LogP contribution in [0.5, 0.6) is 0 Å². The first-order valence-electron chi connectivity index (χ1n) is 9.01. The highest BCUT2D eigenvalue weighted by atomic mass is 35.5. The van der Waals surface area contributed by atoms with Gasteiger partial charge in [-0.15, -0.1) is 0 Å². The molecule has 5 heteroatoms. The smallest absolute Gasteiger partial charge is 0.238 e. The van der Waals surface area contributed by atoms with Crippen LogP contribution in [-0.4, -0.2) is 17.6 Å². The third-order valence-electron chi connectivity index (χ3n) is 5.95. The maximum Gasteiger partial charge on any atom is 0.238 e. The molecular weight excluding hydrogens is 362 g/mol. The number of carbonyl (C=O) groups is 3. The summed E-state index contributed by atoms with van der Waals surface area (Å²) < 4.78 is 0. The number of carbonyl (C=O) groups excluding carboxylic acids is 3. The first-order valence-corrected chi connectivity index (χ1v) is 9.39. The molecule has 0 aromatic heterocycles. The molecule has 0 radical (unpaired) electrons. The number of anilines is 1. The molecule has 0 spiro atoms. The van der Waals surface area contributed by atoms with E-state index in [0.717, 1.165) is 6.42 Å². The average Bonchev–Trinajstić information content (AvgIpc) is 3.36. The zero-order chi connectivity index (χ0) is 18.7. The van der Waals surface area contributed by atoms with Crippen molar-refractivity contribution in [3.05, 3.63) is 76.8 Å². The van der Waals surface area contributed by atoms with E-state index in [-0.39, 0.29) is 46.8 Å². The van der Waals surface area contributed by atoms with Crippen LogP contribution in [0.4, 0.5) is 5.69 Å². The summed E-state index contributed by atoms with van der Waals surface area (Å²) in [5, 5.41) is 0.388. The Morgan fingerprint density at radius 3 is 2.19 bits per heavy atom. The van der Waals surface area contributed by atoms with Gasteiger partial charge in [0.2, 0.25) is 11.8 Å². The van der Waals surface area contributed by atoms with Gasteiger partial charge in [0.1, 0.15) is 0 Å². The van der Waals surface area contributed by atoms with Crippen molar-refractivity contribution in [2.75, 3.05) is 4.90 Å². The second-order valence-electron chi connectivity index (χ2n) is 7.37. The third-order valence-corrected chi connectivity index (χ3v) is 6.19. The molecule has 1 saturated heterocycles. The van der Waals surface area contributed by atoms with Crippen LogP contribution in [-0.2, 0) is 9.59 Å². The van der Waals surface area contributed by atoms with Crippen LogP contribution >= 0.6 is 11.6 Å². The molecule has 5 rings (SSSR count). The van der Waals surface area contributed by atoms with Crippen molar-refractivity contribution in [1.29, 1.82) is 0 Å². The quantitative estimate of drug-likeness (QED) is 0.463. The number of allylic oxidation sites excluding steroid dienone is 2. The SMILES string of the molecule is O=C(c1ccccc1)c1cc(Cl)ccc1N1C(=O)[C@@H]2[C@H](C1=O)[C@H]1C=C[C@H]2C1. The highest BCUT2D eigenvalue weighted by Crippen LogP contribution is 2.53. The van der Waals surface area contributed by atoms with Crippen molar-refractivity contribution in [2.45, 2.75) is 6.42 Å². The van der Waals surface area contributed by atoms with E-state index in [4.69, 9.17) is 11.6 Å². The summed E-state index contributed by atoms with van der Waals surface area (Å²) in [5.41, 5.74) is 1.09. The Balaban J connectivity index is 1.60. The van der Waals surface area contributed by atoms with Gasteiger partial charge in [0.15, 0.2) is 5.78 Å². The Labute approximate surface area is 161 Å². The maximum atomic E-state index is 13.1. The number of halogens is 1. The number of hydrogen-bond donors (Lipinski definition) is 0. The summed E-state index contributed by atoms with van der Waals surface area (Å²) >= 11 is 6.13. The molecule has 1 saturated carbocycles. The highest BCUT2D eigenvalue weighted by molar-refractivity contribution is 6.32. The fourth-order valence-electron chi connectivity index (χ4n) is 4.77. The number of benzene rings is 2. The van der Waals surface area contributed by atoms with Gasteiger partial charge in [0.25, 0.3) is 0 Å². The van der Waals surface area contributed by atoms with Crippen molar-refractivity contribution in [3.63, 3.8) is 0 Å². The predicted molar refractivity (Wildman–Crippen MR) is 102 cm³/mol. The van der Waals surface area contributed by atoms with E-state index in [0.29, 0.717) is 16.3 Å². The number of ketones is 1. The van der Waals surface area contributed by atoms with E-state index >= 15 is 0 Å². The Morgan fingerprint density at radius 2 is 1.56 bits per heavy atom. The van der Waals surface area contributed by atoms with Crippen molar-refractivity contribution in [2.24, 2.45) is 23.7 Å². The van der Waals surface area contributed by atoms with Gasteiger partial charge < -0.3 is 0 Å². The first-order chi connectivity index (χ1) is 13.1. The van der Waals surface area contributed by atoms with Crippen LogP contribution in [0.3, 0.4) is 0 Å². The van der Waals surface area contributed by atoms with Gasteiger partial charge in [-0.1, -0.05) is 54.1 Å². The summed E-state index contributed by atoms with van der Waals surface area (Å²) in [7, 11) is 0. The van der Waals surface area contributed by atoms with Gasteiger partial charge in [-0.25, -0.2) is 4.90 Å². The number of rotatable bonds is 3. The molecule has 3 aliphatic rings. The Hall–Kier alpha value is -2.72. The van der Waals surface area contributed by atoms with Crippen molar-refractivity contribution >= 4 is 34.9 Å². The largest absolute Gasteiger partial charge is 0.289 e. The van der Waals surface area contributed by atoms with Crippen molar-refractivity contribution in [3.8, 4) is 0 Å². The van der Waals surface area contributed by atoms with Crippen molar-refractivity contribution < 1.29 is 14.4 Å². The zero-order valence-corrected chi connectivity index (χ0v) is 15.1. The van der Waals surface area contributed by atoms with Gasteiger partial charge in [-0.2, -0.15) is 0 Å². The molecule has 27 heavy (non-hydrogen) atoms. The molecule has 0 unspecified atom stereocenters. The minimum atomic E-state index is -0.303. The first kappa shape index (κ1) is 16.5. The monoisotopic (exact) mass is 377 g/mol. The van der Waals surface area contributed by atoms with Crippen LogP contribution in [0.25, 0.3) is 0 Å². The molecule has 2 aromatic carbocycles. The number of hydrogen-bond acceptors (Lipinski definition) is 3. The van der Waals surface area contributed by atoms with Crippen LogP contribution < -0.4 is 4.90 Å². The summed E-state index contributed by atoms with van der Waals surface area (Å²) in [5.74, 6) is -1.01. The molecule has 1 heterocycles. The topological polar surface area (TPSA) is 54.5 Å². The molecule has 2 amide bonds. The van der Waals surface area contributed by atoms with Crippen LogP contribution in [0, 0.1) is 23.7 Å². The van der Waals surface area contributed by atoms with Crippen LogP contribution in [0.15, 0.2) is 60.7 Å². The third kappa shape index (κ3) is 2.33. The van der Waals surface area contributed by atoms with E-state index in [1.54, 1.807) is 36.4 Å². The lowest BCUT2D eigenvalue weighted by Crippen LogP contribution is -2.34. The number of nitrogens with zero attached hydrogens (tertiary/aromatic N) is 1. The fraction of sp³-hybridized carbons (Fsp3) is 0.227. The Bertz CT molecular complexity index is 983. The number of amides is 2. The number of imide groups is 1. The molecule has 4 atom stereocenters. The minimum Gasteiger partial charge on any atom is -0.289 e. The van der Waals surface area contributed by atoms with E-state index in [2.05, 4.69) is 12.2 Å². The van der Waals surface area contributed by atoms with Gasteiger partial charge >= 0.3 is 0 Å². The molecule has 2 aromatic rings. The van der Waals surface area contributed by atoms with Crippen LogP contribution in [0.1, 0.15) is 22.3 Å². The normalized spacial score (nSPS) is 28.1. The van der Waals surface area contributed by atoms with Gasteiger partial charge in [0.05, 0.1) is 17.5 Å². The van der Waals surface area contributed by atoms with E-state index < -0.39 is 0 Å². The van der Waals surface area contributed by atoms with E-state index in [1.165, 1.54) is 11.0 Å². The van der Waals surface area contributed by atoms with Crippen LogP contribution in [0.2, 0.25) is 5.02 Å². The van der Waals surface area contributed by atoms with Crippen molar-refractivity contribution in [1.82, 2.24) is 0 Å². The maximum absolute atomic E-state index is 13.1. The van der Waals surface area contributed by atoms with Gasteiger partial charge in [0, 0.05) is 16.1 Å². The summed E-state index contributed by atoms with van der Waals surface area (Å²) in [6.07, 6.45) is 4.98. The summed E-state index contributed by atoms with van der Waals surface area (Å²) in [4.78, 5) is 40.5. The lowest BCUT2D eigenvalue weighted by Gasteiger charge is -2.20. The molecule has 2 aliphatic carbocycles. The molecule has 134 valence electrons. The lowest BCUT2D eigenvalue weighted by molar-refractivity contribution is -0.123. The van der Waals surface area contributed by atoms with E-state index in [1.807, 2.05) is 6.07 Å².